The van der Waals surface area contributed by atoms with Gasteiger partial charge in [-0.3, -0.25) is 4.98 Å². The molecule has 0 amide bonds. The fourth-order valence-corrected chi connectivity index (χ4v) is 1.96. The van der Waals surface area contributed by atoms with E-state index in [1.807, 2.05) is 24.3 Å². The Bertz CT molecular complexity index is 661. The van der Waals surface area contributed by atoms with Gasteiger partial charge in [0.05, 0.1) is 5.52 Å². The first kappa shape index (κ1) is 10.9. The van der Waals surface area contributed by atoms with Crippen LogP contribution in [0.1, 0.15) is 11.5 Å². The van der Waals surface area contributed by atoms with E-state index >= 15 is 0 Å². The van der Waals surface area contributed by atoms with Crippen LogP contribution in [-0.2, 0) is 12.8 Å². The van der Waals surface area contributed by atoms with E-state index in [-0.39, 0.29) is 5.82 Å². The van der Waals surface area contributed by atoms with Crippen molar-refractivity contribution in [1.29, 1.82) is 0 Å². The topological polar surface area (TPSA) is 41.6 Å². The molecule has 0 saturated carbocycles. The van der Waals surface area contributed by atoms with Gasteiger partial charge in [-0.2, -0.15) is 0 Å². The number of hydrogen-bond acceptors (Lipinski definition) is 2. The molecule has 0 radical (unpaired) electrons. The lowest BCUT2D eigenvalue weighted by Gasteiger charge is -1.96. The normalized spacial score (nSPS) is 10.9. The molecule has 3 rings (SSSR count). The molecule has 18 heavy (non-hydrogen) atoms. The predicted octanol–water partition coefficient (Wildman–Crippen LogP) is 2.88. The Morgan fingerprint density at radius 3 is 2.78 bits per heavy atom. The summed E-state index contributed by atoms with van der Waals surface area (Å²) in [4.78, 5) is 11.6. The van der Waals surface area contributed by atoms with Crippen LogP contribution in [0.3, 0.4) is 0 Å². The van der Waals surface area contributed by atoms with E-state index in [1.165, 1.54) is 6.07 Å². The molecule has 0 spiro atoms. The summed E-state index contributed by atoms with van der Waals surface area (Å²) in [7, 11) is 0. The second kappa shape index (κ2) is 4.56. The number of aromatic nitrogens is 3. The molecule has 0 aliphatic carbocycles. The Morgan fingerprint density at radius 2 is 2.00 bits per heavy atom. The Balaban J connectivity index is 1.81. The molecule has 0 saturated heterocycles. The number of fused-ring (bicyclic) bond motifs is 1. The number of para-hydroxylation sites is 1. The highest BCUT2D eigenvalue weighted by Gasteiger charge is 2.06. The molecule has 2 heterocycles. The largest absolute Gasteiger partial charge is 0.342 e. The van der Waals surface area contributed by atoms with E-state index in [0.29, 0.717) is 5.52 Å². The van der Waals surface area contributed by atoms with Gasteiger partial charge in [0.2, 0.25) is 0 Å². The number of benzene rings is 1. The molecule has 2 aromatic heterocycles. The van der Waals surface area contributed by atoms with Crippen molar-refractivity contribution in [3.63, 3.8) is 0 Å². The van der Waals surface area contributed by atoms with Crippen molar-refractivity contribution < 1.29 is 4.39 Å². The maximum Gasteiger partial charge on any atom is 0.151 e. The van der Waals surface area contributed by atoms with Crippen molar-refractivity contribution >= 4 is 11.0 Å². The minimum atomic E-state index is -0.284. The molecule has 1 aromatic carbocycles. The molecule has 90 valence electrons. The molecule has 0 aliphatic rings. The first-order chi connectivity index (χ1) is 8.83. The summed E-state index contributed by atoms with van der Waals surface area (Å²) in [5.74, 6) is 0.508. The molecule has 0 unspecified atom stereocenters. The van der Waals surface area contributed by atoms with Crippen molar-refractivity contribution in [2.75, 3.05) is 0 Å². The van der Waals surface area contributed by atoms with Gasteiger partial charge >= 0.3 is 0 Å². The van der Waals surface area contributed by atoms with Gasteiger partial charge < -0.3 is 4.98 Å². The standard InChI is InChI=1S/C14H12FN3/c15-11-5-3-6-12-14(11)18-13(17-12)8-7-10-4-1-2-9-16-10/h1-6,9H,7-8H2,(H,17,18). The summed E-state index contributed by atoms with van der Waals surface area (Å²) in [5.41, 5.74) is 2.16. The van der Waals surface area contributed by atoms with Gasteiger partial charge in [-0.15, -0.1) is 0 Å². The lowest BCUT2D eigenvalue weighted by atomic mass is 10.2. The van der Waals surface area contributed by atoms with Crippen LogP contribution in [-0.4, -0.2) is 15.0 Å². The van der Waals surface area contributed by atoms with Gasteiger partial charge in [-0.05, 0) is 30.7 Å². The molecule has 0 aliphatic heterocycles. The van der Waals surface area contributed by atoms with Crippen LogP contribution < -0.4 is 0 Å². The first-order valence-electron chi connectivity index (χ1n) is 5.86. The zero-order valence-electron chi connectivity index (χ0n) is 9.73. The molecule has 3 aromatic rings. The van der Waals surface area contributed by atoms with Crippen molar-refractivity contribution in [3.8, 4) is 0 Å². The van der Waals surface area contributed by atoms with Crippen molar-refractivity contribution in [2.45, 2.75) is 12.8 Å². The minimum Gasteiger partial charge on any atom is -0.342 e. The maximum atomic E-state index is 13.5. The highest BCUT2D eigenvalue weighted by molar-refractivity contribution is 5.75. The van der Waals surface area contributed by atoms with E-state index < -0.39 is 0 Å². The van der Waals surface area contributed by atoms with Gasteiger partial charge in [0.25, 0.3) is 0 Å². The predicted molar refractivity (Wildman–Crippen MR) is 67.7 cm³/mol. The van der Waals surface area contributed by atoms with E-state index in [4.69, 9.17) is 0 Å². The monoisotopic (exact) mass is 241 g/mol. The van der Waals surface area contributed by atoms with Gasteiger partial charge in [0.15, 0.2) is 5.82 Å². The van der Waals surface area contributed by atoms with Gasteiger partial charge in [-0.25, -0.2) is 9.37 Å². The lowest BCUT2D eigenvalue weighted by Crippen LogP contribution is -1.95. The molecule has 3 nitrogen and oxygen atoms in total. The number of imidazole rings is 1. The first-order valence-corrected chi connectivity index (χ1v) is 5.86. The summed E-state index contributed by atoms with van der Waals surface area (Å²) < 4.78 is 13.5. The number of rotatable bonds is 3. The van der Waals surface area contributed by atoms with E-state index in [2.05, 4.69) is 15.0 Å². The number of halogens is 1. The van der Waals surface area contributed by atoms with E-state index in [1.54, 1.807) is 12.3 Å². The Hall–Kier alpha value is -2.23. The number of nitrogens with one attached hydrogen (secondary N) is 1. The van der Waals surface area contributed by atoms with Crippen LogP contribution in [0, 0.1) is 5.82 Å². The fraction of sp³-hybridized carbons (Fsp3) is 0.143. The zero-order chi connectivity index (χ0) is 12.4. The second-order valence-electron chi connectivity index (χ2n) is 4.14. The van der Waals surface area contributed by atoms with Crippen LogP contribution >= 0.6 is 0 Å². The average molecular weight is 241 g/mol. The zero-order valence-corrected chi connectivity index (χ0v) is 9.73. The van der Waals surface area contributed by atoms with Crippen LogP contribution in [0.2, 0.25) is 0 Å². The average Bonchev–Trinajstić information content (AvgIpc) is 2.82. The second-order valence-corrected chi connectivity index (χ2v) is 4.14. The highest BCUT2D eigenvalue weighted by atomic mass is 19.1. The SMILES string of the molecule is Fc1cccc2[nH]c(CCc3ccccn3)nc12. The van der Waals surface area contributed by atoms with E-state index in [9.17, 15) is 4.39 Å². The van der Waals surface area contributed by atoms with Crippen LogP contribution in [0.5, 0.6) is 0 Å². The summed E-state index contributed by atoms with van der Waals surface area (Å²) >= 11 is 0. The molecule has 1 N–H and O–H groups in total. The third-order valence-corrected chi connectivity index (χ3v) is 2.86. The van der Waals surface area contributed by atoms with Crippen LogP contribution in [0.4, 0.5) is 4.39 Å². The van der Waals surface area contributed by atoms with Gasteiger partial charge in [0.1, 0.15) is 11.3 Å². The van der Waals surface area contributed by atoms with Crippen LogP contribution in [0.25, 0.3) is 11.0 Å². The molecule has 0 atom stereocenters. The third kappa shape index (κ3) is 2.09. The fourth-order valence-electron chi connectivity index (χ4n) is 1.96. The van der Waals surface area contributed by atoms with Crippen LogP contribution in [0.15, 0.2) is 42.6 Å². The molecule has 4 heteroatoms. The number of aryl methyl sites for hydroxylation is 2. The van der Waals surface area contributed by atoms with Gasteiger partial charge in [0, 0.05) is 18.3 Å². The van der Waals surface area contributed by atoms with Crippen molar-refractivity contribution in [1.82, 2.24) is 15.0 Å². The highest BCUT2D eigenvalue weighted by Crippen LogP contribution is 2.15. The Kier molecular flexibility index (Phi) is 2.76. The maximum absolute atomic E-state index is 13.5. The Morgan fingerprint density at radius 1 is 1.06 bits per heavy atom. The molecule has 0 fully saturated rings. The number of pyridine rings is 1. The van der Waals surface area contributed by atoms with E-state index in [0.717, 1.165) is 29.9 Å². The molecule has 0 bridgehead atoms. The molecular weight excluding hydrogens is 229 g/mol. The quantitative estimate of drug-likeness (QED) is 0.766. The Labute approximate surface area is 104 Å². The minimum absolute atomic E-state index is 0.284. The number of nitrogens with zero attached hydrogens (tertiary/aromatic N) is 2. The summed E-state index contributed by atoms with van der Waals surface area (Å²) in [6.07, 6.45) is 3.29. The van der Waals surface area contributed by atoms with Crippen molar-refractivity contribution in [3.05, 3.63) is 59.9 Å². The number of H-pyrrole nitrogens is 1. The summed E-state index contributed by atoms with van der Waals surface area (Å²) in [5, 5.41) is 0. The number of aromatic amines is 1. The van der Waals surface area contributed by atoms with Crippen molar-refractivity contribution in [2.24, 2.45) is 0 Å². The smallest absolute Gasteiger partial charge is 0.151 e. The number of hydrogen-bond donors (Lipinski definition) is 1. The van der Waals surface area contributed by atoms with Gasteiger partial charge in [-0.1, -0.05) is 12.1 Å². The lowest BCUT2D eigenvalue weighted by molar-refractivity contribution is 0.637. The summed E-state index contributed by atoms with van der Waals surface area (Å²) in [6, 6.07) is 10.8. The third-order valence-electron chi connectivity index (χ3n) is 2.86. The summed E-state index contributed by atoms with van der Waals surface area (Å²) in [6.45, 7) is 0. The molecular formula is C14H12FN3.